The monoisotopic (exact) mass is 402 g/mol. The molecule has 0 atom stereocenters. The molecule has 1 heterocycles. The van der Waals surface area contributed by atoms with Crippen LogP contribution in [0.2, 0.25) is 5.02 Å². The van der Waals surface area contributed by atoms with Crippen molar-refractivity contribution in [2.45, 2.75) is 19.9 Å². The van der Waals surface area contributed by atoms with Gasteiger partial charge in [0.2, 0.25) is 5.95 Å². The summed E-state index contributed by atoms with van der Waals surface area (Å²) < 4.78 is 20.7. The van der Waals surface area contributed by atoms with E-state index in [9.17, 15) is 9.18 Å². The van der Waals surface area contributed by atoms with E-state index in [4.69, 9.17) is 16.3 Å². The van der Waals surface area contributed by atoms with Crippen LogP contribution >= 0.6 is 11.6 Å². The number of halogens is 2. The first-order valence-corrected chi connectivity index (χ1v) is 9.30. The Morgan fingerprint density at radius 3 is 2.89 bits per heavy atom. The first kappa shape index (κ1) is 20.0. The van der Waals surface area contributed by atoms with Crippen LogP contribution < -0.4 is 11.0 Å². The maximum atomic E-state index is 13.9. The molecule has 0 bridgehead atoms. The topological polar surface area (TPSA) is 68.5 Å². The predicted molar refractivity (Wildman–Crippen MR) is 110 cm³/mol. The minimum absolute atomic E-state index is 0.155. The molecular weight excluding hydrogens is 383 g/mol. The number of benzene rings is 2. The molecule has 8 heteroatoms. The molecule has 0 amide bonds. The van der Waals surface area contributed by atoms with Crippen molar-refractivity contribution in [3.8, 4) is 0 Å². The SMILES string of the molecule is CCOCCCn1c(N/N=C\c2c(F)cccc2Cl)nc2ccccc2c1=O. The lowest BCUT2D eigenvalue weighted by atomic mass is 10.2. The van der Waals surface area contributed by atoms with Crippen molar-refractivity contribution in [3.05, 3.63) is 69.2 Å². The molecule has 6 nitrogen and oxygen atoms in total. The molecule has 0 aliphatic carbocycles. The Bertz CT molecular complexity index is 1030. The molecule has 3 aromatic rings. The highest BCUT2D eigenvalue weighted by molar-refractivity contribution is 6.33. The Hall–Kier alpha value is -2.77. The predicted octanol–water partition coefficient (Wildman–Crippen LogP) is 4.06. The molecular formula is C20H20ClFN4O2. The highest BCUT2D eigenvalue weighted by atomic mass is 35.5. The normalized spacial score (nSPS) is 11.4. The number of para-hydroxylation sites is 1. The van der Waals surface area contributed by atoms with Gasteiger partial charge in [0.1, 0.15) is 5.82 Å². The molecule has 0 radical (unpaired) electrons. The van der Waals surface area contributed by atoms with Crippen LogP contribution in [0.5, 0.6) is 0 Å². The van der Waals surface area contributed by atoms with Crippen molar-refractivity contribution < 1.29 is 9.13 Å². The fourth-order valence-electron chi connectivity index (χ4n) is 2.72. The number of nitrogens with one attached hydrogen (secondary N) is 1. The van der Waals surface area contributed by atoms with Crippen molar-refractivity contribution in [1.29, 1.82) is 0 Å². The van der Waals surface area contributed by atoms with Crippen molar-refractivity contribution in [3.63, 3.8) is 0 Å². The van der Waals surface area contributed by atoms with Gasteiger partial charge in [-0.05, 0) is 37.6 Å². The second-order valence-corrected chi connectivity index (χ2v) is 6.37. The van der Waals surface area contributed by atoms with E-state index in [1.54, 1.807) is 30.3 Å². The average Bonchev–Trinajstić information content (AvgIpc) is 2.69. The lowest BCUT2D eigenvalue weighted by Crippen LogP contribution is -2.25. The van der Waals surface area contributed by atoms with Gasteiger partial charge in [-0.15, -0.1) is 0 Å². The number of hydrazone groups is 1. The Balaban J connectivity index is 1.91. The maximum absolute atomic E-state index is 13.9. The van der Waals surface area contributed by atoms with E-state index in [-0.39, 0.29) is 22.1 Å². The summed E-state index contributed by atoms with van der Waals surface area (Å²) in [6.45, 7) is 3.47. The number of hydrogen-bond acceptors (Lipinski definition) is 5. The Morgan fingerprint density at radius 2 is 2.11 bits per heavy atom. The molecule has 0 fully saturated rings. The highest BCUT2D eigenvalue weighted by Crippen LogP contribution is 2.17. The summed E-state index contributed by atoms with van der Waals surface area (Å²) in [6.07, 6.45) is 1.91. The fraction of sp³-hybridized carbons (Fsp3) is 0.250. The van der Waals surface area contributed by atoms with Gasteiger partial charge in [-0.3, -0.25) is 9.36 Å². The molecule has 0 aliphatic rings. The number of hydrogen-bond donors (Lipinski definition) is 1. The van der Waals surface area contributed by atoms with Crippen LogP contribution in [-0.2, 0) is 11.3 Å². The molecule has 146 valence electrons. The van der Waals surface area contributed by atoms with E-state index in [1.807, 2.05) is 6.92 Å². The standard InChI is InChI=1S/C20H20ClFN4O2/c1-2-28-12-6-11-26-19(27)14-7-3-4-10-18(14)24-20(26)25-23-13-15-16(21)8-5-9-17(15)22/h3-5,7-10,13H,2,6,11-12H2,1H3,(H,24,25)/b23-13-. The minimum Gasteiger partial charge on any atom is -0.382 e. The molecule has 1 N–H and O–H groups in total. The zero-order chi connectivity index (χ0) is 19.9. The summed E-state index contributed by atoms with van der Waals surface area (Å²) in [5, 5.41) is 4.79. The molecule has 1 aromatic heterocycles. The van der Waals surface area contributed by atoms with Crippen LogP contribution in [0.1, 0.15) is 18.9 Å². The number of fused-ring (bicyclic) bond motifs is 1. The minimum atomic E-state index is -0.487. The van der Waals surface area contributed by atoms with Crippen LogP contribution in [0.3, 0.4) is 0 Å². The zero-order valence-electron chi connectivity index (χ0n) is 15.4. The van der Waals surface area contributed by atoms with E-state index in [2.05, 4.69) is 15.5 Å². The molecule has 3 rings (SSSR count). The van der Waals surface area contributed by atoms with Gasteiger partial charge >= 0.3 is 0 Å². The second-order valence-electron chi connectivity index (χ2n) is 5.97. The van der Waals surface area contributed by atoms with Gasteiger partial charge < -0.3 is 4.74 Å². The third-order valence-electron chi connectivity index (χ3n) is 4.09. The van der Waals surface area contributed by atoms with Crippen molar-refractivity contribution in [1.82, 2.24) is 9.55 Å². The summed E-state index contributed by atoms with van der Waals surface area (Å²) in [6, 6.07) is 11.5. The number of aromatic nitrogens is 2. The summed E-state index contributed by atoms with van der Waals surface area (Å²) >= 11 is 6.00. The van der Waals surface area contributed by atoms with Gasteiger partial charge in [-0.25, -0.2) is 14.8 Å². The number of rotatable bonds is 8. The summed E-state index contributed by atoms with van der Waals surface area (Å²) in [5.41, 5.74) is 3.27. The van der Waals surface area contributed by atoms with Crippen molar-refractivity contribution in [2.75, 3.05) is 18.6 Å². The third kappa shape index (κ3) is 4.55. The molecule has 2 aromatic carbocycles. The van der Waals surface area contributed by atoms with Gasteiger partial charge in [0, 0.05) is 25.3 Å². The molecule has 0 unspecified atom stereocenters. The molecule has 0 saturated heterocycles. The summed E-state index contributed by atoms with van der Waals surface area (Å²) in [4.78, 5) is 17.3. The molecule has 0 saturated carbocycles. The largest absolute Gasteiger partial charge is 0.382 e. The van der Waals surface area contributed by atoms with E-state index in [0.717, 1.165) is 0 Å². The smallest absolute Gasteiger partial charge is 0.262 e. The van der Waals surface area contributed by atoms with Gasteiger partial charge in [0.25, 0.3) is 5.56 Å². The lowest BCUT2D eigenvalue weighted by Gasteiger charge is -2.12. The Morgan fingerprint density at radius 1 is 1.29 bits per heavy atom. The van der Waals surface area contributed by atoms with Crippen LogP contribution in [0.25, 0.3) is 10.9 Å². The van der Waals surface area contributed by atoms with Gasteiger partial charge in [0.15, 0.2) is 0 Å². The highest BCUT2D eigenvalue weighted by Gasteiger charge is 2.10. The number of anilines is 1. The molecule has 0 aliphatic heterocycles. The van der Waals surface area contributed by atoms with Gasteiger partial charge in [0.05, 0.1) is 22.1 Å². The average molecular weight is 403 g/mol. The van der Waals surface area contributed by atoms with Crippen LogP contribution in [-0.4, -0.2) is 29.0 Å². The van der Waals surface area contributed by atoms with Crippen LogP contribution in [0, 0.1) is 5.82 Å². The second kappa shape index (κ2) is 9.43. The zero-order valence-corrected chi connectivity index (χ0v) is 16.1. The maximum Gasteiger partial charge on any atom is 0.262 e. The van der Waals surface area contributed by atoms with Gasteiger partial charge in [-0.1, -0.05) is 29.8 Å². The lowest BCUT2D eigenvalue weighted by molar-refractivity contribution is 0.141. The Labute approximate surface area is 166 Å². The number of nitrogens with zero attached hydrogens (tertiary/aromatic N) is 3. The Kier molecular flexibility index (Phi) is 6.73. The van der Waals surface area contributed by atoms with E-state index < -0.39 is 5.82 Å². The summed E-state index contributed by atoms with van der Waals surface area (Å²) in [5.74, 6) is -0.220. The quantitative estimate of drug-likeness (QED) is 0.350. The summed E-state index contributed by atoms with van der Waals surface area (Å²) in [7, 11) is 0. The van der Waals surface area contributed by atoms with Crippen LogP contribution in [0.15, 0.2) is 52.4 Å². The molecule has 0 spiro atoms. The van der Waals surface area contributed by atoms with Gasteiger partial charge in [-0.2, -0.15) is 5.10 Å². The van der Waals surface area contributed by atoms with Crippen LogP contribution in [0.4, 0.5) is 10.3 Å². The first-order valence-electron chi connectivity index (χ1n) is 8.92. The fourth-order valence-corrected chi connectivity index (χ4v) is 2.93. The van der Waals surface area contributed by atoms with E-state index in [1.165, 1.54) is 22.9 Å². The van der Waals surface area contributed by atoms with E-state index >= 15 is 0 Å². The van der Waals surface area contributed by atoms with Crippen molar-refractivity contribution >= 4 is 34.7 Å². The molecule has 28 heavy (non-hydrogen) atoms. The van der Waals surface area contributed by atoms with Crippen molar-refractivity contribution in [2.24, 2.45) is 5.10 Å². The first-order chi connectivity index (χ1) is 13.6. The van der Waals surface area contributed by atoms with E-state index in [0.29, 0.717) is 37.1 Å². The third-order valence-corrected chi connectivity index (χ3v) is 4.42. The number of ether oxygens (including phenoxy) is 1.